The van der Waals surface area contributed by atoms with E-state index in [9.17, 15) is 13.2 Å². The van der Waals surface area contributed by atoms with Crippen LogP contribution in [0.1, 0.15) is 42.5 Å². The molecule has 0 unspecified atom stereocenters. The average Bonchev–Trinajstić information content (AvgIpc) is 3.09. The summed E-state index contributed by atoms with van der Waals surface area (Å²) in [7, 11) is -3.13. The van der Waals surface area contributed by atoms with Crippen LogP contribution in [0.2, 0.25) is 5.02 Å². The molecule has 0 aromatic heterocycles. The van der Waals surface area contributed by atoms with Gasteiger partial charge in [-0.15, -0.1) is 0 Å². The summed E-state index contributed by atoms with van der Waals surface area (Å²) in [6.07, 6.45) is 0.639. The lowest BCUT2D eigenvalue weighted by atomic mass is 10.1. The molecule has 1 fully saturated rings. The van der Waals surface area contributed by atoms with Crippen LogP contribution in [0.3, 0.4) is 0 Å². The molecule has 7 heteroatoms. The van der Waals surface area contributed by atoms with Crippen molar-refractivity contribution in [1.29, 1.82) is 0 Å². The van der Waals surface area contributed by atoms with Gasteiger partial charge >= 0.3 is 0 Å². The molecule has 0 bridgehead atoms. The largest absolute Gasteiger partial charge is 0.481 e. The number of rotatable bonds is 7. The lowest BCUT2D eigenvalue weighted by Crippen LogP contribution is -2.46. The maximum atomic E-state index is 13.4. The van der Waals surface area contributed by atoms with Gasteiger partial charge in [0.2, 0.25) is 0 Å². The van der Waals surface area contributed by atoms with E-state index in [1.165, 1.54) is 5.56 Å². The molecular weight excluding hydrogens is 434 g/mol. The quantitative estimate of drug-likeness (QED) is 0.606. The fourth-order valence-electron chi connectivity index (χ4n) is 3.95. The van der Waals surface area contributed by atoms with Gasteiger partial charge in [0.1, 0.15) is 5.75 Å². The van der Waals surface area contributed by atoms with Crippen molar-refractivity contribution in [2.75, 3.05) is 11.5 Å². The highest BCUT2D eigenvalue weighted by atomic mass is 35.5. The third-order valence-corrected chi connectivity index (χ3v) is 8.13. The van der Waals surface area contributed by atoms with Crippen molar-refractivity contribution < 1.29 is 17.9 Å². The van der Waals surface area contributed by atoms with Crippen LogP contribution in [-0.4, -0.2) is 42.9 Å². The van der Waals surface area contributed by atoms with Gasteiger partial charge in [0.15, 0.2) is 15.9 Å². The smallest absolute Gasteiger partial charge is 0.263 e. The van der Waals surface area contributed by atoms with Gasteiger partial charge in [0.05, 0.1) is 11.5 Å². The van der Waals surface area contributed by atoms with Crippen LogP contribution in [0.25, 0.3) is 0 Å². The minimum Gasteiger partial charge on any atom is -0.481 e. The fraction of sp³-hybridized carbons (Fsp3) is 0.458. The zero-order valence-electron chi connectivity index (χ0n) is 18.5. The number of carbonyl (C=O) groups is 1. The van der Waals surface area contributed by atoms with Gasteiger partial charge < -0.3 is 9.64 Å². The Labute approximate surface area is 190 Å². The summed E-state index contributed by atoms with van der Waals surface area (Å²) in [6, 6.07) is 11.4. The van der Waals surface area contributed by atoms with Gasteiger partial charge in [-0.25, -0.2) is 8.42 Å². The highest BCUT2D eigenvalue weighted by molar-refractivity contribution is 7.91. The number of benzene rings is 2. The molecule has 0 spiro atoms. The molecule has 2 aromatic rings. The highest BCUT2D eigenvalue weighted by Gasteiger charge is 2.36. The molecule has 0 saturated carbocycles. The number of carbonyl (C=O) groups excluding carboxylic acids is 1. The monoisotopic (exact) mass is 463 g/mol. The lowest BCUT2D eigenvalue weighted by molar-refractivity contribution is -0.140. The average molecular weight is 464 g/mol. The molecular formula is C24H30ClNO4S. The Balaban J connectivity index is 1.82. The van der Waals surface area contributed by atoms with Crippen molar-refractivity contribution in [1.82, 2.24) is 4.90 Å². The number of halogens is 1. The third kappa shape index (κ3) is 5.80. The molecule has 3 rings (SSSR count). The summed E-state index contributed by atoms with van der Waals surface area (Å²) in [5.74, 6) is 0.470. The van der Waals surface area contributed by atoms with E-state index in [1.807, 2.05) is 50.2 Å². The fourth-order valence-corrected chi connectivity index (χ4v) is 5.79. The predicted molar refractivity (Wildman–Crippen MR) is 124 cm³/mol. The number of hydrogen-bond donors (Lipinski definition) is 0. The number of amides is 1. The molecule has 1 saturated heterocycles. The second kappa shape index (κ2) is 9.61. The van der Waals surface area contributed by atoms with E-state index >= 15 is 0 Å². The van der Waals surface area contributed by atoms with Crippen molar-refractivity contribution in [3.05, 3.63) is 63.7 Å². The van der Waals surface area contributed by atoms with E-state index in [2.05, 4.69) is 6.92 Å². The molecule has 168 valence electrons. The van der Waals surface area contributed by atoms with Crippen LogP contribution >= 0.6 is 11.6 Å². The Morgan fingerprint density at radius 3 is 2.26 bits per heavy atom. The SMILES string of the molecule is CCc1ccc(CN(C(=O)[C@H](C)Oc2cc(C)c(Cl)c(C)c2)[C@@H]2CCS(=O)(=O)C2)cc1. The van der Waals surface area contributed by atoms with Crippen LogP contribution in [0.5, 0.6) is 5.75 Å². The zero-order chi connectivity index (χ0) is 22.8. The number of sulfone groups is 1. The van der Waals surface area contributed by atoms with E-state index in [0.29, 0.717) is 23.7 Å². The topological polar surface area (TPSA) is 63.7 Å². The molecule has 2 aromatic carbocycles. The Morgan fingerprint density at radius 1 is 1.16 bits per heavy atom. The van der Waals surface area contributed by atoms with Gasteiger partial charge in [-0.3, -0.25) is 4.79 Å². The summed E-state index contributed by atoms with van der Waals surface area (Å²) in [5, 5.41) is 0.680. The lowest BCUT2D eigenvalue weighted by Gasteiger charge is -2.31. The normalized spacial score (nSPS) is 18.5. The van der Waals surface area contributed by atoms with E-state index in [4.69, 9.17) is 16.3 Å². The first-order chi connectivity index (χ1) is 14.6. The third-order valence-electron chi connectivity index (χ3n) is 5.79. The first kappa shape index (κ1) is 23.6. The Kier molecular flexibility index (Phi) is 7.32. The van der Waals surface area contributed by atoms with Crippen LogP contribution in [0.15, 0.2) is 36.4 Å². The van der Waals surface area contributed by atoms with Crippen LogP contribution in [0, 0.1) is 13.8 Å². The second-order valence-electron chi connectivity index (χ2n) is 8.32. The molecule has 1 aliphatic rings. The number of aryl methyl sites for hydroxylation is 3. The molecule has 0 radical (unpaired) electrons. The maximum Gasteiger partial charge on any atom is 0.263 e. The Bertz CT molecular complexity index is 1030. The van der Waals surface area contributed by atoms with E-state index in [0.717, 1.165) is 23.1 Å². The van der Waals surface area contributed by atoms with Gasteiger partial charge in [0.25, 0.3) is 5.91 Å². The number of nitrogens with zero attached hydrogens (tertiary/aromatic N) is 1. The molecule has 0 aliphatic carbocycles. The molecule has 0 N–H and O–H groups in total. The molecule has 31 heavy (non-hydrogen) atoms. The molecule has 1 heterocycles. The minimum atomic E-state index is -3.13. The predicted octanol–water partition coefficient (Wildman–Crippen LogP) is 4.50. The molecule has 5 nitrogen and oxygen atoms in total. The van der Waals surface area contributed by atoms with Crippen LogP contribution in [0.4, 0.5) is 0 Å². The van der Waals surface area contributed by atoms with Gasteiger partial charge in [0, 0.05) is 17.6 Å². The van der Waals surface area contributed by atoms with Crippen molar-refractivity contribution >= 4 is 27.3 Å². The summed E-state index contributed by atoms with van der Waals surface area (Å²) >= 11 is 6.24. The summed E-state index contributed by atoms with van der Waals surface area (Å²) in [5.41, 5.74) is 3.95. The first-order valence-electron chi connectivity index (χ1n) is 10.6. The van der Waals surface area contributed by atoms with Gasteiger partial charge in [-0.2, -0.15) is 0 Å². The standard InChI is InChI=1S/C24H30ClNO4S/c1-5-19-6-8-20(9-7-19)14-26(21-10-11-31(28,29)15-21)24(27)18(4)30-22-12-16(2)23(25)17(3)13-22/h6-9,12-13,18,21H,5,10-11,14-15H2,1-4H3/t18-,21+/m0/s1. The van der Waals surface area contributed by atoms with Crippen molar-refractivity contribution in [2.45, 2.75) is 59.2 Å². The first-order valence-corrected chi connectivity index (χ1v) is 12.8. The van der Waals surface area contributed by atoms with E-state index in [-0.39, 0.29) is 23.5 Å². The molecule has 1 aliphatic heterocycles. The molecule has 2 atom stereocenters. The molecule has 1 amide bonds. The van der Waals surface area contributed by atoms with Crippen molar-refractivity contribution in [3.8, 4) is 5.75 Å². The summed E-state index contributed by atoms with van der Waals surface area (Å²) in [6.45, 7) is 7.94. The number of ether oxygens (including phenoxy) is 1. The van der Waals surface area contributed by atoms with Gasteiger partial charge in [-0.1, -0.05) is 42.8 Å². The highest BCUT2D eigenvalue weighted by Crippen LogP contribution is 2.27. The van der Waals surface area contributed by atoms with Crippen LogP contribution in [-0.2, 0) is 27.6 Å². The van der Waals surface area contributed by atoms with Gasteiger partial charge in [-0.05, 0) is 68.0 Å². The number of hydrogen-bond acceptors (Lipinski definition) is 4. The second-order valence-corrected chi connectivity index (χ2v) is 10.9. The summed E-state index contributed by atoms with van der Waals surface area (Å²) in [4.78, 5) is 15.1. The van der Waals surface area contributed by atoms with Crippen LogP contribution < -0.4 is 4.74 Å². The van der Waals surface area contributed by atoms with Crippen molar-refractivity contribution in [3.63, 3.8) is 0 Å². The Morgan fingerprint density at radius 2 is 1.74 bits per heavy atom. The van der Waals surface area contributed by atoms with E-state index in [1.54, 1.807) is 11.8 Å². The minimum absolute atomic E-state index is 0.00232. The zero-order valence-corrected chi connectivity index (χ0v) is 20.1. The maximum absolute atomic E-state index is 13.4. The van der Waals surface area contributed by atoms with Crippen molar-refractivity contribution in [2.24, 2.45) is 0 Å². The Hall–Kier alpha value is -2.05. The summed E-state index contributed by atoms with van der Waals surface area (Å²) < 4.78 is 30.1. The van der Waals surface area contributed by atoms with E-state index < -0.39 is 15.9 Å².